The summed E-state index contributed by atoms with van der Waals surface area (Å²) in [6.45, 7) is 6.42. The van der Waals surface area contributed by atoms with Gasteiger partial charge in [0.25, 0.3) is 10.0 Å². The number of anilines is 1. The number of hydrogen-bond acceptors (Lipinski definition) is 5. The van der Waals surface area contributed by atoms with Gasteiger partial charge < -0.3 is 15.0 Å². The molecule has 40 heavy (non-hydrogen) atoms. The van der Waals surface area contributed by atoms with E-state index in [2.05, 4.69) is 5.32 Å². The van der Waals surface area contributed by atoms with Gasteiger partial charge in [-0.3, -0.25) is 13.9 Å². The number of benzene rings is 3. The molecule has 0 spiro atoms. The Labute approximate surface area is 245 Å². The fraction of sp³-hybridized carbons (Fsp3) is 0.310. The Balaban J connectivity index is 2.11. The van der Waals surface area contributed by atoms with E-state index in [-0.39, 0.29) is 27.9 Å². The topological polar surface area (TPSA) is 96.0 Å². The van der Waals surface area contributed by atoms with Crippen molar-refractivity contribution in [1.29, 1.82) is 0 Å². The first-order valence-electron chi connectivity index (χ1n) is 12.5. The summed E-state index contributed by atoms with van der Waals surface area (Å²) in [6.07, 6.45) is 0. The predicted octanol–water partition coefficient (Wildman–Crippen LogP) is 5.53. The molecule has 0 aliphatic carbocycles. The Bertz CT molecular complexity index is 1460. The number of nitrogens with zero attached hydrogens (tertiary/aromatic N) is 2. The summed E-state index contributed by atoms with van der Waals surface area (Å²) in [6, 6.07) is 18.2. The lowest BCUT2D eigenvalue weighted by Gasteiger charge is -2.34. The molecule has 0 saturated heterocycles. The zero-order valence-electron chi connectivity index (χ0n) is 23.0. The molecule has 0 radical (unpaired) electrons. The van der Waals surface area contributed by atoms with Crippen LogP contribution in [0.4, 0.5) is 5.69 Å². The van der Waals surface area contributed by atoms with Crippen LogP contribution in [0.2, 0.25) is 10.0 Å². The molecule has 214 valence electrons. The molecule has 3 aromatic carbocycles. The van der Waals surface area contributed by atoms with Gasteiger partial charge in [0.2, 0.25) is 11.8 Å². The number of amides is 2. The van der Waals surface area contributed by atoms with Crippen LogP contribution in [0.25, 0.3) is 0 Å². The Morgan fingerprint density at radius 2 is 1.60 bits per heavy atom. The maximum absolute atomic E-state index is 14.0. The number of ether oxygens (including phenoxy) is 1. The van der Waals surface area contributed by atoms with Gasteiger partial charge in [-0.1, -0.05) is 59.6 Å². The molecule has 1 N–H and O–H groups in total. The summed E-state index contributed by atoms with van der Waals surface area (Å²) in [5.41, 5.74) is 0.129. The fourth-order valence-corrected chi connectivity index (χ4v) is 5.76. The Morgan fingerprint density at radius 1 is 0.975 bits per heavy atom. The van der Waals surface area contributed by atoms with Crippen molar-refractivity contribution in [3.63, 3.8) is 0 Å². The van der Waals surface area contributed by atoms with E-state index in [0.29, 0.717) is 10.6 Å². The van der Waals surface area contributed by atoms with Gasteiger partial charge >= 0.3 is 0 Å². The molecule has 0 fully saturated rings. The van der Waals surface area contributed by atoms with Crippen molar-refractivity contribution in [2.45, 2.75) is 50.7 Å². The summed E-state index contributed by atoms with van der Waals surface area (Å²) in [7, 11) is -2.87. The molecule has 2 amide bonds. The third-order valence-electron chi connectivity index (χ3n) is 5.98. The van der Waals surface area contributed by atoms with E-state index in [4.69, 9.17) is 27.9 Å². The van der Waals surface area contributed by atoms with E-state index in [9.17, 15) is 18.0 Å². The standard InChI is InChI=1S/C29H33Cl2N3O5S/c1-20(28(36)32-29(2,3)4)33(18-21-11-9-10-14-24(21)31)27(35)19-34(25-17-22(30)15-16-26(25)39-5)40(37,38)23-12-7-6-8-13-23/h6-17,20H,18-19H2,1-5H3,(H,32,36)/t20-/m0/s1. The lowest BCUT2D eigenvalue weighted by atomic mass is 10.1. The second-order valence-corrected chi connectivity index (χ2v) is 12.9. The number of nitrogens with one attached hydrogen (secondary N) is 1. The van der Waals surface area contributed by atoms with E-state index in [1.807, 2.05) is 20.8 Å². The smallest absolute Gasteiger partial charge is 0.264 e. The van der Waals surface area contributed by atoms with E-state index in [0.717, 1.165) is 4.31 Å². The van der Waals surface area contributed by atoms with Crippen molar-refractivity contribution < 1.29 is 22.7 Å². The van der Waals surface area contributed by atoms with Crippen molar-refractivity contribution in [2.75, 3.05) is 18.0 Å². The Morgan fingerprint density at radius 3 is 2.20 bits per heavy atom. The monoisotopic (exact) mass is 605 g/mol. The largest absolute Gasteiger partial charge is 0.495 e. The van der Waals surface area contributed by atoms with Crippen LogP contribution in [0.1, 0.15) is 33.3 Å². The number of carbonyl (C=O) groups is 2. The van der Waals surface area contributed by atoms with Crippen molar-refractivity contribution in [3.8, 4) is 5.75 Å². The van der Waals surface area contributed by atoms with Gasteiger partial charge in [-0.15, -0.1) is 0 Å². The summed E-state index contributed by atoms with van der Waals surface area (Å²) in [5, 5.41) is 3.55. The van der Waals surface area contributed by atoms with Crippen molar-refractivity contribution in [3.05, 3.63) is 88.4 Å². The van der Waals surface area contributed by atoms with E-state index >= 15 is 0 Å². The van der Waals surface area contributed by atoms with Gasteiger partial charge in [-0.05, 0) is 69.7 Å². The van der Waals surface area contributed by atoms with Crippen molar-refractivity contribution in [2.24, 2.45) is 0 Å². The lowest BCUT2D eigenvalue weighted by Crippen LogP contribution is -2.54. The summed E-state index contributed by atoms with van der Waals surface area (Å²) < 4.78 is 34.2. The van der Waals surface area contributed by atoms with Crippen molar-refractivity contribution in [1.82, 2.24) is 10.2 Å². The minimum absolute atomic E-state index is 0.0247. The first kappa shape index (κ1) is 31.3. The molecule has 3 rings (SSSR count). The van der Waals surface area contributed by atoms with E-state index < -0.39 is 40.0 Å². The maximum Gasteiger partial charge on any atom is 0.264 e. The number of carbonyl (C=O) groups excluding carboxylic acids is 2. The molecule has 8 nitrogen and oxygen atoms in total. The number of methoxy groups -OCH3 is 1. The number of halogens is 2. The van der Waals surface area contributed by atoms with Crippen LogP contribution in [0.5, 0.6) is 5.75 Å². The zero-order valence-corrected chi connectivity index (χ0v) is 25.3. The van der Waals surface area contributed by atoms with Crippen LogP contribution in [0.3, 0.4) is 0 Å². The molecular formula is C29H33Cl2N3O5S. The van der Waals surface area contributed by atoms with Gasteiger partial charge in [0.15, 0.2) is 0 Å². The molecule has 3 aromatic rings. The first-order valence-corrected chi connectivity index (χ1v) is 14.7. The highest BCUT2D eigenvalue weighted by atomic mass is 35.5. The normalized spacial score (nSPS) is 12.4. The second-order valence-electron chi connectivity index (χ2n) is 10.2. The Hall–Kier alpha value is -3.27. The molecular weight excluding hydrogens is 573 g/mol. The minimum Gasteiger partial charge on any atom is -0.495 e. The minimum atomic E-state index is -4.27. The molecule has 0 bridgehead atoms. The molecule has 0 heterocycles. The molecule has 1 atom stereocenters. The molecule has 0 aliphatic rings. The third-order valence-corrected chi connectivity index (χ3v) is 8.36. The SMILES string of the molecule is COc1ccc(Cl)cc1N(CC(=O)N(Cc1ccccc1Cl)[C@@H](C)C(=O)NC(C)(C)C)S(=O)(=O)c1ccccc1. The maximum atomic E-state index is 14.0. The molecule has 0 saturated carbocycles. The van der Waals surface area contributed by atoms with Crippen molar-refractivity contribution >= 4 is 50.7 Å². The highest BCUT2D eigenvalue weighted by molar-refractivity contribution is 7.92. The van der Waals surface area contributed by atoms with Crippen LogP contribution in [-0.2, 0) is 26.2 Å². The van der Waals surface area contributed by atoms with Crippen LogP contribution < -0.4 is 14.4 Å². The summed E-state index contributed by atoms with van der Waals surface area (Å²) >= 11 is 12.7. The van der Waals surface area contributed by atoms with Gasteiger partial charge in [-0.2, -0.15) is 0 Å². The predicted molar refractivity (Wildman–Crippen MR) is 158 cm³/mol. The van der Waals surface area contributed by atoms with Crippen LogP contribution in [0.15, 0.2) is 77.7 Å². The fourth-order valence-electron chi connectivity index (χ4n) is 3.96. The molecule has 11 heteroatoms. The molecule has 0 unspecified atom stereocenters. The molecule has 0 aliphatic heterocycles. The van der Waals surface area contributed by atoms with E-state index in [1.54, 1.807) is 55.5 Å². The van der Waals surface area contributed by atoms with Gasteiger partial charge in [0, 0.05) is 22.1 Å². The average Bonchev–Trinajstić information content (AvgIpc) is 2.90. The summed E-state index contributed by atoms with van der Waals surface area (Å²) in [4.78, 5) is 28.5. The van der Waals surface area contributed by atoms with E-state index in [1.165, 1.54) is 36.3 Å². The second kappa shape index (κ2) is 12.9. The first-order chi connectivity index (χ1) is 18.7. The highest BCUT2D eigenvalue weighted by Gasteiger charge is 2.34. The summed E-state index contributed by atoms with van der Waals surface area (Å²) in [5.74, 6) is -0.823. The third kappa shape index (κ3) is 7.68. The highest BCUT2D eigenvalue weighted by Crippen LogP contribution is 2.35. The van der Waals surface area contributed by atoms with Crippen LogP contribution >= 0.6 is 23.2 Å². The molecule has 0 aromatic heterocycles. The average molecular weight is 607 g/mol. The van der Waals surface area contributed by atoms with Gasteiger partial charge in [0.1, 0.15) is 18.3 Å². The number of sulfonamides is 1. The van der Waals surface area contributed by atoms with Crippen LogP contribution in [0, 0.1) is 0 Å². The van der Waals surface area contributed by atoms with Gasteiger partial charge in [-0.25, -0.2) is 8.42 Å². The Kier molecular flexibility index (Phi) is 10.1. The number of rotatable bonds is 10. The van der Waals surface area contributed by atoms with Crippen LogP contribution in [-0.4, -0.2) is 50.4 Å². The lowest BCUT2D eigenvalue weighted by molar-refractivity contribution is -0.140. The van der Waals surface area contributed by atoms with Gasteiger partial charge in [0.05, 0.1) is 17.7 Å². The number of hydrogen-bond donors (Lipinski definition) is 1. The zero-order chi connectivity index (χ0) is 29.7. The quantitative estimate of drug-likeness (QED) is 0.328.